The van der Waals surface area contributed by atoms with Crippen molar-refractivity contribution in [2.45, 2.75) is 25.9 Å². The molecule has 67 valence electrons. The van der Waals surface area contributed by atoms with Crippen molar-refractivity contribution in [3.8, 4) is 0 Å². The molecule has 13 heavy (non-hydrogen) atoms. The molecule has 2 rings (SSSR count). The van der Waals surface area contributed by atoms with Gasteiger partial charge in [0.2, 0.25) is 0 Å². The Labute approximate surface area is 78.2 Å². The molecule has 0 aliphatic heterocycles. The molecule has 0 amide bonds. The Morgan fingerprint density at radius 2 is 2.00 bits per heavy atom. The van der Waals surface area contributed by atoms with Gasteiger partial charge >= 0.3 is 0 Å². The van der Waals surface area contributed by atoms with Crippen LogP contribution < -0.4 is 0 Å². The number of rotatable bonds is 3. The van der Waals surface area contributed by atoms with Crippen molar-refractivity contribution in [3.05, 3.63) is 35.4 Å². The van der Waals surface area contributed by atoms with Crippen LogP contribution in [0.4, 0.5) is 0 Å². The minimum atomic E-state index is 0.359. The summed E-state index contributed by atoms with van der Waals surface area (Å²) in [5, 5.41) is 3.78. The van der Waals surface area contributed by atoms with Gasteiger partial charge in [0.15, 0.2) is 0 Å². The van der Waals surface area contributed by atoms with E-state index in [2.05, 4.69) is 18.3 Å². The fraction of sp³-hybridized carbons (Fsp3) is 0.364. The van der Waals surface area contributed by atoms with Gasteiger partial charge < -0.3 is 4.84 Å². The lowest BCUT2D eigenvalue weighted by Crippen LogP contribution is -1.86. The van der Waals surface area contributed by atoms with Crippen LogP contribution in [0.3, 0.4) is 0 Å². The molecule has 0 saturated heterocycles. The van der Waals surface area contributed by atoms with Gasteiger partial charge in [-0.15, -0.1) is 0 Å². The van der Waals surface area contributed by atoms with Gasteiger partial charge in [-0.1, -0.05) is 35.0 Å². The van der Waals surface area contributed by atoms with E-state index in [1.54, 1.807) is 0 Å². The summed E-state index contributed by atoms with van der Waals surface area (Å²) in [6.07, 6.45) is 5.48. The Hall–Kier alpha value is -1.31. The molecule has 1 radical (unpaired) electrons. The zero-order valence-corrected chi connectivity index (χ0v) is 7.66. The van der Waals surface area contributed by atoms with Gasteiger partial charge in [0, 0.05) is 5.56 Å². The van der Waals surface area contributed by atoms with Crippen molar-refractivity contribution < 1.29 is 4.84 Å². The molecular formula is C11H12NO. The van der Waals surface area contributed by atoms with Crippen LogP contribution in [0.2, 0.25) is 0 Å². The number of hydrogen-bond donors (Lipinski definition) is 0. The largest absolute Gasteiger partial charge is 0.392 e. The lowest BCUT2D eigenvalue weighted by Gasteiger charge is -1.94. The van der Waals surface area contributed by atoms with Crippen LogP contribution in [0.15, 0.2) is 29.4 Å². The third-order valence-corrected chi connectivity index (χ3v) is 1.95. The molecule has 0 N–H and O–H groups in total. The van der Waals surface area contributed by atoms with Crippen molar-refractivity contribution in [1.29, 1.82) is 0 Å². The Balaban J connectivity index is 1.92. The predicted molar refractivity (Wildman–Crippen MR) is 51.8 cm³/mol. The molecule has 1 aliphatic rings. The molecule has 0 unspecified atom stereocenters. The van der Waals surface area contributed by atoms with E-state index in [0.29, 0.717) is 6.10 Å². The molecule has 2 nitrogen and oxygen atoms in total. The fourth-order valence-electron chi connectivity index (χ4n) is 0.955. The molecule has 0 spiro atoms. The zero-order chi connectivity index (χ0) is 9.10. The van der Waals surface area contributed by atoms with E-state index in [1.165, 1.54) is 5.56 Å². The predicted octanol–water partition coefficient (Wildman–Crippen LogP) is 2.38. The van der Waals surface area contributed by atoms with Gasteiger partial charge in [-0.2, -0.15) is 0 Å². The van der Waals surface area contributed by atoms with Gasteiger partial charge in [0.1, 0.15) is 12.3 Å². The Bertz CT molecular complexity index is 298. The molecule has 0 atom stereocenters. The first-order chi connectivity index (χ1) is 6.34. The minimum Gasteiger partial charge on any atom is -0.392 e. The summed E-state index contributed by atoms with van der Waals surface area (Å²) >= 11 is 0. The molecule has 1 aliphatic carbocycles. The first kappa shape index (κ1) is 8.30. The SMILES string of the molecule is Cc1ccc(/[C]=N/OC2CC2)cc1. The van der Waals surface area contributed by atoms with Crippen LogP contribution in [0.5, 0.6) is 0 Å². The summed E-state index contributed by atoms with van der Waals surface area (Å²) in [7, 11) is 0. The van der Waals surface area contributed by atoms with Gasteiger partial charge in [-0.05, 0) is 19.8 Å². The average molecular weight is 174 g/mol. The molecule has 0 heterocycles. The number of hydrogen-bond acceptors (Lipinski definition) is 2. The summed E-state index contributed by atoms with van der Waals surface area (Å²) in [5.41, 5.74) is 2.21. The highest BCUT2D eigenvalue weighted by Crippen LogP contribution is 2.23. The maximum Gasteiger partial charge on any atom is 0.139 e. The van der Waals surface area contributed by atoms with Crippen LogP contribution in [0.1, 0.15) is 24.0 Å². The summed E-state index contributed by atoms with van der Waals surface area (Å²) in [6, 6.07) is 8.04. The average Bonchev–Trinajstić information content (AvgIpc) is 2.92. The molecule has 1 aromatic carbocycles. The van der Waals surface area contributed by atoms with Crippen LogP contribution in [0, 0.1) is 6.92 Å². The van der Waals surface area contributed by atoms with Crippen molar-refractivity contribution in [1.82, 2.24) is 0 Å². The topological polar surface area (TPSA) is 21.6 Å². The van der Waals surface area contributed by atoms with Gasteiger partial charge in [-0.3, -0.25) is 0 Å². The van der Waals surface area contributed by atoms with E-state index in [1.807, 2.05) is 24.3 Å². The molecule has 1 fully saturated rings. The van der Waals surface area contributed by atoms with Crippen molar-refractivity contribution >= 4 is 6.21 Å². The Kier molecular flexibility index (Phi) is 2.30. The van der Waals surface area contributed by atoms with Gasteiger partial charge in [0.05, 0.1) is 0 Å². The van der Waals surface area contributed by atoms with E-state index in [4.69, 9.17) is 4.84 Å². The second-order valence-corrected chi connectivity index (χ2v) is 3.37. The monoisotopic (exact) mass is 174 g/mol. The first-order valence-corrected chi connectivity index (χ1v) is 4.53. The maximum absolute atomic E-state index is 5.10. The normalized spacial score (nSPS) is 16.4. The van der Waals surface area contributed by atoms with Crippen molar-refractivity contribution in [2.24, 2.45) is 5.16 Å². The van der Waals surface area contributed by atoms with Crippen molar-refractivity contribution in [3.63, 3.8) is 0 Å². The van der Waals surface area contributed by atoms with Crippen LogP contribution in [0.25, 0.3) is 0 Å². The smallest absolute Gasteiger partial charge is 0.139 e. The van der Waals surface area contributed by atoms with Crippen LogP contribution in [-0.2, 0) is 4.84 Å². The maximum atomic E-state index is 5.10. The Morgan fingerprint density at radius 1 is 1.31 bits per heavy atom. The third-order valence-electron chi connectivity index (χ3n) is 1.95. The summed E-state index contributed by atoms with van der Waals surface area (Å²) in [6.45, 7) is 2.06. The molecule has 0 aromatic heterocycles. The first-order valence-electron chi connectivity index (χ1n) is 4.53. The molecule has 1 aromatic rings. The minimum absolute atomic E-state index is 0.359. The number of benzene rings is 1. The number of nitrogens with zero attached hydrogens (tertiary/aromatic N) is 1. The summed E-state index contributed by atoms with van der Waals surface area (Å²) in [5.74, 6) is 0. The lowest BCUT2D eigenvalue weighted by atomic mass is 10.2. The lowest BCUT2D eigenvalue weighted by molar-refractivity contribution is 0.131. The summed E-state index contributed by atoms with van der Waals surface area (Å²) in [4.78, 5) is 5.10. The number of aryl methyl sites for hydroxylation is 1. The zero-order valence-electron chi connectivity index (χ0n) is 7.66. The quantitative estimate of drug-likeness (QED) is 0.509. The second-order valence-electron chi connectivity index (χ2n) is 3.37. The molecular weight excluding hydrogens is 162 g/mol. The van der Waals surface area contributed by atoms with Crippen LogP contribution in [-0.4, -0.2) is 12.3 Å². The van der Waals surface area contributed by atoms with E-state index >= 15 is 0 Å². The van der Waals surface area contributed by atoms with Gasteiger partial charge in [0.25, 0.3) is 0 Å². The third kappa shape index (κ3) is 2.58. The van der Waals surface area contributed by atoms with Crippen LogP contribution >= 0.6 is 0 Å². The van der Waals surface area contributed by atoms with E-state index in [-0.39, 0.29) is 0 Å². The van der Waals surface area contributed by atoms with E-state index in [0.717, 1.165) is 18.4 Å². The standard InChI is InChI=1S/C11H12NO/c1-9-2-4-10(5-3-9)8-12-13-11-6-7-11/h2-5,11H,6-7H2,1H3. The highest BCUT2D eigenvalue weighted by atomic mass is 16.6. The highest BCUT2D eigenvalue weighted by molar-refractivity contribution is 5.79. The van der Waals surface area contributed by atoms with E-state index < -0.39 is 0 Å². The second kappa shape index (κ2) is 3.60. The Morgan fingerprint density at radius 3 is 2.62 bits per heavy atom. The van der Waals surface area contributed by atoms with Crippen molar-refractivity contribution in [2.75, 3.05) is 0 Å². The van der Waals surface area contributed by atoms with Gasteiger partial charge in [-0.25, -0.2) is 0 Å². The molecule has 2 heteroatoms. The molecule has 1 saturated carbocycles. The summed E-state index contributed by atoms with van der Waals surface area (Å²) < 4.78 is 0. The van der Waals surface area contributed by atoms with E-state index in [9.17, 15) is 0 Å². The highest BCUT2D eigenvalue weighted by Gasteiger charge is 2.23. The fourth-order valence-corrected chi connectivity index (χ4v) is 0.955. The molecule has 0 bridgehead atoms.